The smallest absolute Gasteiger partial charge is 0.376 e. The van der Waals surface area contributed by atoms with Gasteiger partial charge in [0.1, 0.15) is 0 Å². The lowest BCUT2D eigenvalue weighted by Crippen LogP contribution is -2.66. The van der Waals surface area contributed by atoms with Crippen molar-refractivity contribution in [3.05, 3.63) is 46.7 Å². The number of rotatable bonds is 4. The van der Waals surface area contributed by atoms with Gasteiger partial charge >= 0.3 is 6.18 Å². The molecule has 3 aliphatic rings. The predicted molar refractivity (Wildman–Crippen MR) is 127 cm³/mol. The number of Topliss-reactive ketones (excluding diaryl/α,β-unsaturated/α-hetero) is 1. The van der Waals surface area contributed by atoms with Gasteiger partial charge in [-0.3, -0.25) is 14.4 Å². The lowest BCUT2D eigenvalue weighted by Gasteiger charge is -2.35. The SMILES string of the molecule is CC1(C)CC(=O)C2=C(C1)N(C[C@@H]1CCCO1)C(=O)[C@@]2(NC(=O)c1ccc(C(C)(C)C)cc1)C(F)(F)F. The first kappa shape index (κ1) is 26.4. The molecule has 0 spiro atoms. The van der Waals surface area contributed by atoms with Crippen molar-refractivity contribution in [2.45, 2.75) is 83.5 Å². The zero-order valence-corrected chi connectivity index (χ0v) is 21.3. The summed E-state index contributed by atoms with van der Waals surface area (Å²) in [6.45, 7) is 9.88. The fourth-order valence-corrected chi connectivity index (χ4v) is 5.38. The maximum absolute atomic E-state index is 14.9. The van der Waals surface area contributed by atoms with E-state index in [9.17, 15) is 27.6 Å². The standard InChI is InChI=1S/C27H33F3N2O4/c1-24(2,3)17-10-8-16(9-11-17)22(34)31-26(27(28,29)30)21-19(13-25(4,5)14-20(21)33)32(23(26)35)15-18-7-6-12-36-18/h8-11,18H,6-7,12-15H2,1-5H3,(H,31,34)/t18-,26+/m0/s1. The molecule has 1 N–H and O–H groups in total. The average molecular weight is 507 g/mol. The number of hydrogen-bond acceptors (Lipinski definition) is 4. The van der Waals surface area contributed by atoms with Gasteiger partial charge in [-0.15, -0.1) is 0 Å². The number of ketones is 1. The third kappa shape index (κ3) is 4.46. The Morgan fingerprint density at radius 3 is 2.28 bits per heavy atom. The lowest BCUT2D eigenvalue weighted by atomic mass is 9.72. The molecule has 2 amide bonds. The van der Waals surface area contributed by atoms with Crippen molar-refractivity contribution in [2.75, 3.05) is 13.2 Å². The van der Waals surface area contributed by atoms with E-state index in [1.807, 2.05) is 26.1 Å². The summed E-state index contributed by atoms with van der Waals surface area (Å²) >= 11 is 0. The third-order valence-electron chi connectivity index (χ3n) is 7.27. The number of ether oxygens (including phenoxy) is 1. The van der Waals surface area contributed by atoms with Crippen LogP contribution < -0.4 is 5.32 Å². The Morgan fingerprint density at radius 1 is 1.11 bits per heavy atom. The third-order valence-corrected chi connectivity index (χ3v) is 7.27. The van der Waals surface area contributed by atoms with Crippen molar-refractivity contribution in [1.82, 2.24) is 10.2 Å². The molecule has 6 nitrogen and oxygen atoms in total. The van der Waals surface area contributed by atoms with Crippen LogP contribution >= 0.6 is 0 Å². The Morgan fingerprint density at radius 2 is 1.75 bits per heavy atom. The molecule has 4 rings (SSSR count). The lowest BCUT2D eigenvalue weighted by molar-refractivity contribution is -0.191. The maximum atomic E-state index is 14.9. The molecular formula is C27H33F3N2O4. The quantitative estimate of drug-likeness (QED) is 0.644. The van der Waals surface area contributed by atoms with Gasteiger partial charge in [-0.25, -0.2) is 0 Å². The average Bonchev–Trinajstić information content (AvgIpc) is 3.33. The number of nitrogens with one attached hydrogen (secondary N) is 1. The molecule has 2 heterocycles. The molecule has 0 radical (unpaired) electrons. The molecule has 1 fully saturated rings. The summed E-state index contributed by atoms with van der Waals surface area (Å²) in [4.78, 5) is 41.1. The molecule has 2 aliphatic heterocycles. The van der Waals surface area contributed by atoms with Crippen molar-refractivity contribution in [3.8, 4) is 0 Å². The summed E-state index contributed by atoms with van der Waals surface area (Å²) < 4.78 is 50.3. The van der Waals surface area contributed by atoms with Crippen LogP contribution in [0.15, 0.2) is 35.5 Å². The molecule has 0 saturated carbocycles. The number of carbonyl (C=O) groups is 3. The van der Waals surface area contributed by atoms with E-state index in [0.717, 1.165) is 16.9 Å². The van der Waals surface area contributed by atoms with Gasteiger partial charge in [0.05, 0.1) is 18.2 Å². The van der Waals surface area contributed by atoms with Crippen molar-refractivity contribution in [3.63, 3.8) is 0 Å². The van der Waals surface area contributed by atoms with Crippen molar-refractivity contribution in [1.29, 1.82) is 0 Å². The van der Waals surface area contributed by atoms with Crippen LogP contribution in [0.5, 0.6) is 0 Å². The summed E-state index contributed by atoms with van der Waals surface area (Å²) in [7, 11) is 0. The number of hydrogen-bond donors (Lipinski definition) is 1. The summed E-state index contributed by atoms with van der Waals surface area (Å²) in [6, 6.07) is 6.22. The van der Waals surface area contributed by atoms with Crippen LogP contribution in [0.4, 0.5) is 13.2 Å². The summed E-state index contributed by atoms with van der Waals surface area (Å²) in [6.07, 6.45) is -4.34. The van der Waals surface area contributed by atoms with E-state index < -0.39 is 46.4 Å². The number of alkyl halides is 3. The van der Waals surface area contributed by atoms with Gasteiger partial charge in [-0.1, -0.05) is 46.8 Å². The van der Waals surface area contributed by atoms with Crippen LogP contribution in [0.1, 0.15) is 76.2 Å². The number of carbonyl (C=O) groups excluding carboxylic acids is 3. The van der Waals surface area contributed by atoms with Gasteiger partial charge in [0, 0.05) is 24.3 Å². The van der Waals surface area contributed by atoms with Crippen molar-refractivity contribution in [2.24, 2.45) is 5.41 Å². The van der Waals surface area contributed by atoms with E-state index in [4.69, 9.17) is 4.74 Å². The Balaban J connectivity index is 1.79. The van der Waals surface area contributed by atoms with E-state index in [-0.39, 0.29) is 36.1 Å². The van der Waals surface area contributed by atoms with Gasteiger partial charge in [-0.05, 0) is 47.8 Å². The minimum absolute atomic E-state index is 0.0252. The second-order valence-electron chi connectivity index (χ2n) is 11.8. The highest BCUT2D eigenvalue weighted by molar-refractivity contribution is 6.14. The number of benzene rings is 1. The zero-order valence-electron chi connectivity index (χ0n) is 21.3. The first-order chi connectivity index (χ1) is 16.6. The fourth-order valence-electron chi connectivity index (χ4n) is 5.38. The molecule has 1 saturated heterocycles. The Labute approximate surface area is 209 Å². The molecule has 1 aromatic rings. The van der Waals surface area contributed by atoms with Gasteiger partial charge in [0.2, 0.25) is 5.54 Å². The van der Waals surface area contributed by atoms with E-state index in [1.54, 1.807) is 26.0 Å². The summed E-state index contributed by atoms with van der Waals surface area (Å²) in [5.74, 6) is -3.18. The number of halogens is 3. The summed E-state index contributed by atoms with van der Waals surface area (Å²) in [5, 5.41) is 1.99. The molecule has 0 unspecified atom stereocenters. The Bertz CT molecular complexity index is 1110. The normalized spacial score (nSPS) is 26.4. The van der Waals surface area contributed by atoms with Crippen molar-refractivity contribution >= 4 is 17.6 Å². The number of nitrogens with zero attached hydrogens (tertiary/aromatic N) is 1. The van der Waals surface area contributed by atoms with Gasteiger partial charge in [-0.2, -0.15) is 13.2 Å². The molecular weight excluding hydrogens is 473 g/mol. The predicted octanol–water partition coefficient (Wildman–Crippen LogP) is 4.68. The van der Waals surface area contributed by atoms with E-state index in [0.29, 0.717) is 13.0 Å². The minimum atomic E-state index is -5.23. The highest BCUT2D eigenvalue weighted by Crippen LogP contribution is 2.52. The monoisotopic (exact) mass is 506 g/mol. The fraction of sp³-hybridized carbons (Fsp3) is 0.593. The number of allylic oxidation sites excluding steroid dienone is 1. The van der Waals surface area contributed by atoms with E-state index in [2.05, 4.69) is 0 Å². The number of amides is 2. The molecule has 9 heteroatoms. The van der Waals surface area contributed by atoms with Crippen LogP contribution in [-0.2, 0) is 19.7 Å². The van der Waals surface area contributed by atoms with Gasteiger partial charge in [0.25, 0.3) is 11.8 Å². The molecule has 196 valence electrons. The van der Waals surface area contributed by atoms with Crippen LogP contribution in [0.2, 0.25) is 0 Å². The molecule has 2 atom stereocenters. The summed E-state index contributed by atoms with van der Waals surface area (Å²) in [5.41, 5.74) is -4.02. The highest BCUT2D eigenvalue weighted by Gasteiger charge is 2.71. The molecule has 1 aromatic carbocycles. The van der Waals surface area contributed by atoms with Crippen molar-refractivity contribution < 1.29 is 32.3 Å². The van der Waals surface area contributed by atoms with E-state index in [1.165, 1.54) is 12.1 Å². The van der Waals surface area contributed by atoms with Crippen LogP contribution in [0, 0.1) is 5.41 Å². The minimum Gasteiger partial charge on any atom is -0.376 e. The second-order valence-corrected chi connectivity index (χ2v) is 11.8. The van der Waals surface area contributed by atoms with Crippen LogP contribution in [0.25, 0.3) is 0 Å². The zero-order chi connectivity index (χ0) is 26.7. The molecule has 1 aliphatic carbocycles. The van der Waals surface area contributed by atoms with E-state index >= 15 is 0 Å². The van der Waals surface area contributed by atoms with Crippen LogP contribution in [0.3, 0.4) is 0 Å². The maximum Gasteiger partial charge on any atom is 0.425 e. The largest absolute Gasteiger partial charge is 0.425 e. The Hall–Kier alpha value is -2.68. The second kappa shape index (κ2) is 8.71. The van der Waals surface area contributed by atoms with Gasteiger partial charge < -0.3 is 15.0 Å². The molecule has 0 bridgehead atoms. The van der Waals surface area contributed by atoms with Gasteiger partial charge in [0.15, 0.2) is 5.78 Å². The van der Waals surface area contributed by atoms with Crippen LogP contribution in [-0.4, -0.2) is 53.5 Å². The highest BCUT2D eigenvalue weighted by atomic mass is 19.4. The first-order valence-corrected chi connectivity index (χ1v) is 12.3. The molecule has 0 aromatic heterocycles. The first-order valence-electron chi connectivity index (χ1n) is 12.3. The molecule has 36 heavy (non-hydrogen) atoms. The Kier molecular flexibility index (Phi) is 6.39. The topological polar surface area (TPSA) is 75.7 Å².